The van der Waals surface area contributed by atoms with Gasteiger partial charge in [-0.2, -0.15) is 0 Å². The van der Waals surface area contributed by atoms with E-state index in [2.05, 4.69) is 5.32 Å². The number of hydrogen-bond acceptors (Lipinski definition) is 3. The van der Waals surface area contributed by atoms with Crippen LogP contribution in [-0.4, -0.2) is 30.2 Å². The Labute approximate surface area is 116 Å². The average molecular weight is 274 g/mol. The van der Waals surface area contributed by atoms with E-state index in [1.165, 1.54) is 0 Å². The molecule has 18 heavy (non-hydrogen) atoms. The fourth-order valence-corrected chi connectivity index (χ4v) is 1.63. The Morgan fingerprint density at radius 2 is 2.06 bits per heavy atom. The van der Waals surface area contributed by atoms with Crippen LogP contribution in [0.4, 0.5) is 0 Å². The van der Waals surface area contributed by atoms with Gasteiger partial charge in [0.25, 0.3) is 0 Å². The summed E-state index contributed by atoms with van der Waals surface area (Å²) in [7, 11) is 0. The van der Waals surface area contributed by atoms with Crippen molar-refractivity contribution in [3.63, 3.8) is 0 Å². The Morgan fingerprint density at radius 1 is 1.44 bits per heavy atom. The molecular formula is C13H26N2O2S. The van der Waals surface area contributed by atoms with Gasteiger partial charge in [0.2, 0.25) is 5.91 Å². The molecule has 0 heterocycles. The average Bonchev–Trinajstić information content (AvgIpc) is 2.31. The molecule has 0 fully saturated rings. The molecule has 0 saturated carbocycles. The lowest BCUT2D eigenvalue weighted by Gasteiger charge is -2.25. The van der Waals surface area contributed by atoms with Gasteiger partial charge in [-0.15, -0.1) is 0 Å². The van der Waals surface area contributed by atoms with Crippen LogP contribution in [0.25, 0.3) is 0 Å². The van der Waals surface area contributed by atoms with E-state index >= 15 is 0 Å². The second kappa shape index (κ2) is 8.43. The van der Waals surface area contributed by atoms with Crippen molar-refractivity contribution < 1.29 is 9.53 Å². The Hall–Kier alpha value is -0.680. The third-order valence-corrected chi connectivity index (χ3v) is 3.51. The van der Waals surface area contributed by atoms with Gasteiger partial charge in [0.05, 0.1) is 16.5 Å². The van der Waals surface area contributed by atoms with Gasteiger partial charge in [-0.1, -0.05) is 19.1 Å². The van der Waals surface area contributed by atoms with Crippen LogP contribution >= 0.6 is 12.2 Å². The summed E-state index contributed by atoms with van der Waals surface area (Å²) in [5.74, 6) is -0.0812. The van der Waals surface area contributed by atoms with Crippen LogP contribution in [0.5, 0.6) is 0 Å². The van der Waals surface area contributed by atoms with Crippen molar-refractivity contribution in [3.8, 4) is 0 Å². The summed E-state index contributed by atoms with van der Waals surface area (Å²) in [4.78, 5) is 12.2. The molecule has 5 heteroatoms. The summed E-state index contributed by atoms with van der Waals surface area (Å²) in [6, 6.07) is 0. The Balaban J connectivity index is 3.86. The number of unbranched alkanes of at least 4 members (excludes halogenated alkanes) is 1. The quantitative estimate of drug-likeness (QED) is 0.499. The smallest absolute Gasteiger partial charge is 0.232 e. The van der Waals surface area contributed by atoms with Crippen LogP contribution in [-0.2, 0) is 9.53 Å². The Kier molecular flexibility index (Phi) is 8.11. The van der Waals surface area contributed by atoms with Crippen LogP contribution in [0, 0.1) is 5.41 Å². The number of carbonyl (C=O) groups is 1. The van der Waals surface area contributed by atoms with Crippen molar-refractivity contribution >= 4 is 23.1 Å². The molecule has 0 radical (unpaired) electrons. The van der Waals surface area contributed by atoms with Crippen LogP contribution in [0.15, 0.2) is 0 Å². The lowest BCUT2D eigenvalue weighted by molar-refractivity contribution is -0.127. The number of thiocarbonyl (C=S) groups is 1. The number of amides is 1. The molecule has 0 aliphatic rings. The first kappa shape index (κ1) is 17.3. The number of carbonyl (C=O) groups excluding carboxylic acids is 1. The molecule has 0 saturated heterocycles. The van der Waals surface area contributed by atoms with Gasteiger partial charge in [0, 0.05) is 13.2 Å². The number of rotatable bonds is 9. The molecular weight excluding hydrogens is 248 g/mol. The fourth-order valence-electron chi connectivity index (χ4n) is 1.39. The molecule has 3 N–H and O–H groups in total. The summed E-state index contributed by atoms with van der Waals surface area (Å²) in [5.41, 5.74) is 4.89. The minimum Gasteiger partial charge on any atom is -0.392 e. The van der Waals surface area contributed by atoms with Gasteiger partial charge in [-0.25, -0.2) is 0 Å². The highest BCUT2D eigenvalue weighted by atomic mass is 32.1. The standard InChI is InChI=1S/C13H26N2O2S/c1-5-13(4,11(14)18)12(16)15-8-6-7-9-17-10(2)3/h10H,5-9H2,1-4H3,(H2,14,18)(H,15,16). The van der Waals surface area contributed by atoms with E-state index in [0.717, 1.165) is 19.4 Å². The van der Waals surface area contributed by atoms with E-state index in [0.29, 0.717) is 13.0 Å². The lowest BCUT2D eigenvalue weighted by Crippen LogP contribution is -2.46. The highest BCUT2D eigenvalue weighted by Gasteiger charge is 2.33. The largest absolute Gasteiger partial charge is 0.392 e. The molecule has 0 rings (SSSR count). The maximum atomic E-state index is 12.0. The van der Waals surface area contributed by atoms with Crippen molar-refractivity contribution in [2.45, 2.75) is 53.1 Å². The van der Waals surface area contributed by atoms with Crippen molar-refractivity contribution in [1.82, 2.24) is 5.32 Å². The van der Waals surface area contributed by atoms with Crippen molar-refractivity contribution in [1.29, 1.82) is 0 Å². The maximum absolute atomic E-state index is 12.0. The van der Waals surface area contributed by atoms with Gasteiger partial charge in [0.1, 0.15) is 0 Å². The number of hydrogen-bond donors (Lipinski definition) is 2. The Morgan fingerprint density at radius 3 is 2.50 bits per heavy atom. The summed E-state index contributed by atoms with van der Waals surface area (Å²) >= 11 is 4.95. The molecule has 1 unspecified atom stereocenters. The molecule has 0 aliphatic heterocycles. The number of nitrogens with one attached hydrogen (secondary N) is 1. The molecule has 1 atom stereocenters. The zero-order chi connectivity index (χ0) is 14.2. The summed E-state index contributed by atoms with van der Waals surface area (Å²) in [6.07, 6.45) is 2.71. The first-order valence-electron chi connectivity index (χ1n) is 6.54. The lowest BCUT2D eigenvalue weighted by atomic mass is 9.86. The van der Waals surface area contributed by atoms with Crippen LogP contribution in [0.1, 0.15) is 47.0 Å². The highest BCUT2D eigenvalue weighted by molar-refractivity contribution is 7.80. The van der Waals surface area contributed by atoms with Crippen LogP contribution in [0.2, 0.25) is 0 Å². The van der Waals surface area contributed by atoms with Gasteiger partial charge in [-0.05, 0) is 40.0 Å². The maximum Gasteiger partial charge on any atom is 0.232 e. The molecule has 0 spiro atoms. The third-order valence-electron chi connectivity index (χ3n) is 3.06. The van der Waals surface area contributed by atoms with Crippen molar-refractivity contribution in [2.24, 2.45) is 11.1 Å². The fraction of sp³-hybridized carbons (Fsp3) is 0.846. The van der Waals surface area contributed by atoms with E-state index in [1.807, 2.05) is 20.8 Å². The molecule has 0 aromatic heterocycles. The van der Waals surface area contributed by atoms with Crippen molar-refractivity contribution in [3.05, 3.63) is 0 Å². The van der Waals surface area contributed by atoms with Crippen LogP contribution in [0.3, 0.4) is 0 Å². The monoisotopic (exact) mass is 274 g/mol. The van der Waals surface area contributed by atoms with E-state index in [1.54, 1.807) is 6.92 Å². The van der Waals surface area contributed by atoms with E-state index in [-0.39, 0.29) is 17.0 Å². The summed E-state index contributed by atoms with van der Waals surface area (Å²) in [6.45, 7) is 9.08. The SMILES string of the molecule is CCC(C)(C(=O)NCCCCOC(C)C)C(N)=S. The van der Waals surface area contributed by atoms with Crippen LogP contribution < -0.4 is 11.1 Å². The molecule has 0 bridgehead atoms. The van der Waals surface area contributed by atoms with E-state index in [4.69, 9.17) is 22.7 Å². The minimum atomic E-state index is -0.732. The number of ether oxygens (including phenoxy) is 1. The van der Waals surface area contributed by atoms with Gasteiger partial charge >= 0.3 is 0 Å². The predicted molar refractivity (Wildman–Crippen MR) is 78.5 cm³/mol. The summed E-state index contributed by atoms with van der Waals surface area (Å²) in [5, 5.41) is 2.88. The van der Waals surface area contributed by atoms with Gasteiger partial charge in [0.15, 0.2) is 0 Å². The molecule has 0 aromatic carbocycles. The van der Waals surface area contributed by atoms with E-state index < -0.39 is 5.41 Å². The Bertz CT molecular complexity index is 282. The second-order valence-corrected chi connectivity index (χ2v) is 5.37. The predicted octanol–water partition coefficient (Wildman–Crippen LogP) is 2.01. The zero-order valence-electron chi connectivity index (χ0n) is 11.9. The first-order chi connectivity index (χ1) is 8.34. The minimum absolute atomic E-state index is 0.0812. The number of nitrogens with two attached hydrogens (primary N) is 1. The summed E-state index contributed by atoms with van der Waals surface area (Å²) < 4.78 is 5.42. The van der Waals surface area contributed by atoms with Crippen molar-refractivity contribution in [2.75, 3.05) is 13.2 Å². The molecule has 4 nitrogen and oxygen atoms in total. The highest BCUT2D eigenvalue weighted by Crippen LogP contribution is 2.21. The zero-order valence-corrected chi connectivity index (χ0v) is 12.7. The topological polar surface area (TPSA) is 64.3 Å². The molecule has 0 aliphatic carbocycles. The van der Waals surface area contributed by atoms with Gasteiger partial charge in [-0.3, -0.25) is 4.79 Å². The second-order valence-electron chi connectivity index (χ2n) is 4.93. The normalized spacial score (nSPS) is 14.3. The molecule has 0 aromatic rings. The van der Waals surface area contributed by atoms with Gasteiger partial charge < -0.3 is 15.8 Å². The third kappa shape index (κ3) is 5.78. The molecule has 1 amide bonds. The first-order valence-corrected chi connectivity index (χ1v) is 6.95. The molecule has 106 valence electrons. The van der Waals surface area contributed by atoms with E-state index in [9.17, 15) is 4.79 Å².